The Morgan fingerprint density at radius 3 is 3.04 bits per heavy atom. The molecular formula is C16H23N5O5. The summed E-state index contributed by atoms with van der Waals surface area (Å²) in [5.74, 6) is -0.289. The number of nitrogens with zero attached hydrogens (tertiary/aromatic N) is 3. The molecule has 2 aliphatic rings. The fourth-order valence-electron chi connectivity index (χ4n) is 3.18. The largest absolute Gasteiger partial charge is 0.394 e. The predicted octanol–water partition coefficient (Wildman–Crippen LogP) is -0.965. The van der Waals surface area contributed by atoms with Crippen molar-refractivity contribution in [3.8, 4) is 0 Å². The smallest absolute Gasteiger partial charge is 0.237 e. The van der Waals surface area contributed by atoms with Crippen molar-refractivity contribution in [2.24, 2.45) is 10.7 Å². The van der Waals surface area contributed by atoms with Crippen LogP contribution in [0.1, 0.15) is 42.9 Å². The summed E-state index contributed by atoms with van der Waals surface area (Å²) in [6.45, 7) is 1.49. The third-order valence-corrected chi connectivity index (χ3v) is 4.59. The highest BCUT2D eigenvalue weighted by Gasteiger charge is 2.46. The molecule has 5 atom stereocenters. The van der Waals surface area contributed by atoms with Gasteiger partial charge in [-0.1, -0.05) is 13.3 Å². The fraction of sp³-hybridized carbons (Fsp3) is 0.625. The molecular weight excluding hydrogens is 342 g/mol. The lowest BCUT2D eigenvalue weighted by Crippen LogP contribution is -2.51. The van der Waals surface area contributed by atoms with Crippen molar-refractivity contribution < 1.29 is 24.5 Å². The number of rotatable bonds is 6. The van der Waals surface area contributed by atoms with Crippen LogP contribution in [0.3, 0.4) is 0 Å². The standard InChI is InChI=1S/C16H23N5O5/c1-2-3-8(17)15(25)20-12-13(24)10(6-22)26-16(12)21-7-19-11-9(23)4-5-18-14(11)21/h5,7-8,10,12-13,16,22,24H,2-4,6,17H2,1H3,(H,20,25)/t8?,10-,12+,13?,16-/m1/s1. The highest BCUT2D eigenvalue weighted by Crippen LogP contribution is 2.35. The number of fused-ring (bicyclic) bond motifs is 1. The molecule has 0 radical (unpaired) electrons. The number of aliphatic hydroxyl groups is 2. The molecule has 1 aromatic heterocycles. The van der Waals surface area contributed by atoms with E-state index in [0.29, 0.717) is 12.2 Å². The van der Waals surface area contributed by atoms with Crippen LogP contribution in [0, 0.1) is 0 Å². The van der Waals surface area contributed by atoms with E-state index in [-0.39, 0.29) is 17.9 Å². The first-order valence-electron chi connectivity index (χ1n) is 8.60. The molecule has 10 heteroatoms. The van der Waals surface area contributed by atoms with E-state index in [2.05, 4.69) is 15.3 Å². The van der Waals surface area contributed by atoms with E-state index in [1.165, 1.54) is 17.1 Å². The summed E-state index contributed by atoms with van der Waals surface area (Å²) in [4.78, 5) is 32.5. The molecule has 1 aromatic rings. The van der Waals surface area contributed by atoms with E-state index in [1.54, 1.807) is 0 Å². The van der Waals surface area contributed by atoms with Crippen LogP contribution in [0.15, 0.2) is 11.3 Å². The Morgan fingerprint density at radius 1 is 1.58 bits per heavy atom. The van der Waals surface area contributed by atoms with Crippen LogP contribution in [0.2, 0.25) is 0 Å². The van der Waals surface area contributed by atoms with Gasteiger partial charge in [0.25, 0.3) is 0 Å². The highest BCUT2D eigenvalue weighted by molar-refractivity contribution is 6.08. The second kappa shape index (κ2) is 7.62. The average Bonchev–Trinajstić information content (AvgIpc) is 3.18. The Kier molecular flexibility index (Phi) is 5.47. The summed E-state index contributed by atoms with van der Waals surface area (Å²) in [5.41, 5.74) is 6.05. The summed E-state index contributed by atoms with van der Waals surface area (Å²) < 4.78 is 7.19. The number of imidazole rings is 1. The van der Waals surface area contributed by atoms with Crippen LogP contribution in [0.4, 0.5) is 5.82 Å². The van der Waals surface area contributed by atoms with Gasteiger partial charge in [0.15, 0.2) is 23.5 Å². The normalized spacial score (nSPS) is 28.8. The molecule has 0 bridgehead atoms. The topological polar surface area (TPSA) is 152 Å². The van der Waals surface area contributed by atoms with Crippen LogP contribution in [-0.2, 0) is 9.53 Å². The minimum Gasteiger partial charge on any atom is -0.394 e. The Labute approximate surface area is 150 Å². The zero-order valence-electron chi connectivity index (χ0n) is 14.4. The van der Waals surface area contributed by atoms with Crippen molar-refractivity contribution in [3.05, 3.63) is 12.0 Å². The van der Waals surface area contributed by atoms with Crippen molar-refractivity contribution in [3.63, 3.8) is 0 Å². The number of Topliss-reactive ketones (excluding diaryl/α,β-unsaturated/α-hetero) is 1. The van der Waals surface area contributed by atoms with Crippen LogP contribution < -0.4 is 11.1 Å². The second-order valence-electron chi connectivity index (χ2n) is 6.43. The fourth-order valence-corrected chi connectivity index (χ4v) is 3.18. The second-order valence-corrected chi connectivity index (χ2v) is 6.43. The van der Waals surface area contributed by atoms with Gasteiger partial charge in [-0.25, -0.2) is 9.98 Å². The maximum Gasteiger partial charge on any atom is 0.237 e. The number of ketones is 1. The number of amides is 1. The molecule has 2 unspecified atom stereocenters. The molecule has 3 heterocycles. The zero-order chi connectivity index (χ0) is 18.8. The van der Waals surface area contributed by atoms with Gasteiger partial charge in [0, 0.05) is 12.6 Å². The third-order valence-electron chi connectivity index (χ3n) is 4.59. The van der Waals surface area contributed by atoms with Crippen molar-refractivity contribution in [2.75, 3.05) is 6.61 Å². The average molecular weight is 365 g/mol. The maximum atomic E-state index is 12.3. The van der Waals surface area contributed by atoms with Crippen LogP contribution in [0.25, 0.3) is 0 Å². The van der Waals surface area contributed by atoms with Gasteiger partial charge in [-0.05, 0) is 6.42 Å². The molecule has 0 aromatic carbocycles. The molecule has 1 amide bonds. The number of ether oxygens (including phenoxy) is 1. The van der Waals surface area contributed by atoms with Crippen molar-refractivity contribution in [1.29, 1.82) is 0 Å². The van der Waals surface area contributed by atoms with Gasteiger partial charge in [-0.3, -0.25) is 14.2 Å². The Hall–Kier alpha value is -2.14. The van der Waals surface area contributed by atoms with Crippen LogP contribution >= 0.6 is 0 Å². The summed E-state index contributed by atoms with van der Waals surface area (Å²) in [5, 5.41) is 22.6. The van der Waals surface area contributed by atoms with E-state index in [1.807, 2.05) is 6.92 Å². The Balaban J connectivity index is 1.88. The van der Waals surface area contributed by atoms with Gasteiger partial charge in [0.05, 0.1) is 19.0 Å². The molecule has 0 saturated carbocycles. The molecule has 26 heavy (non-hydrogen) atoms. The number of carbonyl (C=O) groups excluding carboxylic acids is 2. The molecule has 1 fully saturated rings. The summed E-state index contributed by atoms with van der Waals surface area (Å²) in [7, 11) is 0. The van der Waals surface area contributed by atoms with Crippen molar-refractivity contribution in [1.82, 2.24) is 14.9 Å². The first-order valence-corrected chi connectivity index (χ1v) is 8.60. The number of nitrogens with one attached hydrogen (secondary N) is 1. The molecule has 1 saturated heterocycles. The molecule has 0 aliphatic carbocycles. The lowest BCUT2D eigenvalue weighted by atomic mass is 10.1. The molecule has 142 valence electrons. The number of aliphatic hydroxyl groups excluding tert-OH is 2. The maximum absolute atomic E-state index is 12.3. The van der Waals surface area contributed by atoms with Crippen LogP contribution in [-0.4, -0.2) is 68.6 Å². The minimum atomic E-state index is -1.15. The zero-order valence-corrected chi connectivity index (χ0v) is 14.4. The van der Waals surface area contributed by atoms with Gasteiger partial charge >= 0.3 is 0 Å². The monoisotopic (exact) mass is 365 g/mol. The lowest BCUT2D eigenvalue weighted by molar-refractivity contribution is -0.124. The van der Waals surface area contributed by atoms with Gasteiger partial charge in [-0.15, -0.1) is 0 Å². The van der Waals surface area contributed by atoms with Crippen LogP contribution in [0.5, 0.6) is 0 Å². The number of nitrogens with two attached hydrogens (primary N) is 1. The van der Waals surface area contributed by atoms with E-state index in [0.717, 1.165) is 6.42 Å². The Bertz CT molecular complexity index is 718. The number of aliphatic imine (C=N–C) groups is 1. The van der Waals surface area contributed by atoms with Crippen molar-refractivity contribution in [2.45, 2.75) is 56.7 Å². The first-order chi connectivity index (χ1) is 12.5. The van der Waals surface area contributed by atoms with E-state index in [4.69, 9.17) is 10.5 Å². The van der Waals surface area contributed by atoms with E-state index >= 15 is 0 Å². The number of hydrogen-bond donors (Lipinski definition) is 4. The number of carbonyl (C=O) groups is 2. The molecule has 5 N–H and O–H groups in total. The predicted molar refractivity (Wildman–Crippen MR) is 91.1 cm³/mol. The molecule has 3 rings (SSSR count). The van der Waals surface area contributed by atoms with Gasteiger partial charge < -0.3 is 26.0 Å². The van der Waals surface area contributed by atoms with E-state index in [9.17, 15) is 19.8 Å². The highest BCUT2D eigenvalue weighted by atomic mass is 16.5. The summed E-state index contributed by atoms with van der Waals surface area (Å²) in [6, 6.07) is -1.58. The SMILES string of the molecule is CCCC(N)C(=O)N[C@H]1C(O)[C@@H](CO)O[C@H]1n1cnc2c1N=CCC2=O. The van der Waals surface area contributed by atoms with Gasteiger partial charge in [0.1, 0.15) is 18.2 Å². The molecule has 10 nitrogen and oxygen atoms in total. The lowest BCUT2D eigenvalue weighted by Gasteiger charge is -2.25. The summed E-state index contributed by atoms with van der Waals surface area (Å²) >= 11 is 0. The Morgan fingerprint density at radius 2 is 2.35 bits per heavy atom. The first kappa shape index (κ1) is 18.6. The third kappa shape index (κ3) is 3.28. The molecule has 2 aliphatic heterocycles. The summed E-state index contributed by atoms with van der Waals surface area (Å²) in [6.07, 6.45) is 1.35. The van der Waals surface area contributed by atoms with Crippen molar-refractivity contribution >= 4 is 23.7 Å². The quantitative estimate of drug-likeness (QED) is 0.506. The van der Waals surface area contributed by atoms with Gasteiger partial charge in [0.2, 0.25) is 5.91 Å². The van der Waals surface area contributed by atoms with Gasteiger partial charge in [-0.2, -0.15) is 0 Å². The number of aromatic nitrogens is 2. The number of hydrogen-bond acceptors (Lipinski definition) is 8. The molecule has 0 spiro atoms. The minimum absolute atomic E-state index is 0.170. The van der Waals surface area contributed by atoms with E-state index < -0.39 is 43.0 Å².